The number of ether oxygens (including phenoxy) is 6. The Hall–Kier alpha value is -10.8. The van der Waals surface area contributed by atoms with Gasteiger partial charge in [0.2, 0.25) is 17.7 Å². The molecule has 4 unspecified atom stereocenters. The number of anilines is 2. The maximum atomic E-state index is 16.6. The van der Waals surface area contributed by atoms with E-state index in [1.54, 1.807) is 134 Å². The maximum Gasteiger partial charge on any atom is 0.346 e. The van der Waals surface area contributed by atoms with E-state index in [1.165, 1.54) is 30.5 Å². The van der Waals surface area contributed by atoms with Gasteiger partial charge in [0.15, 0.2) is 23.1 Å². The number of carboxylic acid groups (broad SMARTS) is 2. The lowest BCUT2D eigenvalue weighted by Gasteiger charge is -2.27. The molecule has 0 amide bonds. The molecule has 0 bridgehead atoms. The molecule has 8 heterocycles. The normalized spacial score (nSPS) is 17.8. The number of halogens is 4. The summed E-state index contributed by atoms with van der Waals surface area (Å²) in [6, 6.07) is 24.2. The Morgan fingerprint density at radius 1 is 0.513 bits per heavy atom. The standard InChI is InChI=1S/C43H44ClFN4O8.C23H28FN3O4.C19H16ClNO4/c1-22-35-38(41(55-5)39(37(22)45)47-19-26-7-6-16-46-32(26)20-47)48(28-12-13-28)24(3)36(40(35)51)43(53)57-21-56-34(50)18-30-23(2)49(33-15-14-29(54-4)17-31(30)33)42(52)25-8-10-27(44)11-9-25;1-11-16-19(27(14-6-7-14)12(2)17(21(16)28)23(29)30)22(31-3)20(18(11)24)26-9-13-5-4-8-25-15(13)10-26;1-11-15(10-18(22)23)16-9-14(25-2)7-8-17(16)21(11)19(24)12-3-5-13(20)6-4-12/h8-11,14-15,17,26,28,32,46H,6-7,12-13,16,18-21H2,1-5H3;13-15,25H,4-10H2,1-3H3,(H,29,30);3-9H,10H2,1-2H3,(H,22,23). The number of rotatable bonds is 18. The summed E-state index contributed by atoms with van der Waals surface area (Å²) < 4.78 is 72.5. The minimum atomic E-state index is -1.28. The lowest BCUT2D eigenvalue weighted by atomic mass is 9.94. The number of esters is 2. The van der Waals surface area contributed by atoms with Crippen molar-refractivity contribution in [3.05, 3.63) is 194 Å². The zero-order chi connectivity index (χ0) is 80.4. The van der Waals surface area contributed by atoms with Gasteiger partial charge in [0.25, 0.3) is 11.8 Å². The van der Waals surface area contributed by atoms with Crippen LogP contribution in [-0.2, 0) is 31.9 Å². The molecule has 24 nitrogen and oxygen atoms in total. The first-order valence-electron chi connectivity index (χ1n) is 37.8. The third-order valence-corrected chi connectivity index (χ3v) is 23.7. The van der Waals surface area contributed by atoms with Gasteiger partial charge in [0.1, 0.15) is 34.0 Å². The average molecular weight is 1590 g/mol. The van der Waals surface area contributed by atoms with E-state index in [1.807, 2.05) is 18.9 Å². The van der Waals surface area contributed by atoms with Crippen LogP contribution in [0.5, 0.6) is 23.0 Å². The number of aromatic nitrogens is 4. The highest BCUT2D eigenvalue weighted by atomic mass is 35.5. The summed E-state index contributed by atoms with van der Waals surface area (Å²) >= 11 is 11.9. The third kappa shape index (κ3) is 14.6. The molecule has 10 aromatic rings. The molecule has 6 aliphatic rings. The number of nitrogens with zero attached hydrogens (tertiary/aromatic N) is 6. The lowest BCUT2D eigenvalue weighted by molar-refractivity contribution is -0.151. The molecule has 28 heteroatoms. The number of carboxylic acids is 2. The number of methoxy groups -OCH3 is 4. The van der Waals surface area contributed by atoms with Gasteiger partial charge >= 0.3 is 23.9 Å². The number of aryl methyl sites for hydroxylation is 2. The Morgan fingerprint density at radius 2 is 0.929 bits per heavy atom. The molecule has 4 atom stereocenters. The number of fused-ring (bicyclic) bond motifs is 6. The number of hydrogen-bond acceptors (Lipinski definition) is 18. The monoisotopic (exact) mass is 1580 g/mol. The molecular weight excluding hydrogens is 1500 g/mol. The van der Waals surface area contributed by atoms with Crippen molar-refractivity contribution in [1.29, 1.82) is 0 Å². The highest BCUT2D eigenvalue weighted by molar-refractivity contribution is 6.31. The number of hydrogen-bond donors (Lipinski definition) is 4. The maximum absolute atomic E-state index is 16.6. The number of aliphatic carboxylic acids is 1. The minimum Gasteiger partial charge on any atom is -0.497 e. The first kappa shape index (κ1) is 78.9. The van der Waals surface area contributed by atoms with Crippen LogP contribution in [0.15, 0.2) is 94.5 Å². The Balaban J connectivity index is 0.000000158. The van der Waals surface area contributed by atoms with Gasteiger partial charge in [0.05, 0.1) is 74.1 Å². The van der Waals surface area contributed by atoms with Crippen LogP contribution >= 0.6 is 23.2 Å². The van der Waals surface area contributed by atoms with Crippen LogP contribution < -0.4 is 50.2 Å². The average Bonchev–Trinajstić information content (AvgIpc) is 0.945. The molecule has 4 aromatic heterocycles. The fraction of sp³-hybridized carbons (Fsp3) is 0.388. The van der Waals surface area contributed by atoms with Gasteiger partial charge in [-0.2, -0.15) is 0 Å². The van der Waals surface area contributed by atoms with E-state index in [-0.39, 0.29) is 81.6 Å². The number of benzene rings is 6. The van der Waals surface area contributed by atoms with Crippen molar-refractivity contribution in [3.63, 3.8) is 0 Å². The summed E-state index contributed by atoms with van der Waals surface area (Å²) in [5.74, 6) is -2.99. The van der Waals surface area contributed by atoms with Crippen LogP contribution in [0.4, 0.5) is 20.2 Å². The highest BCUT2D eigenvalue weighted by Gasteiger charge is 2.43. The van der Waals surface area contributed by atoms with Crippen molar-refractivity contribution in [2.45, 2.75) is 130 Å². The quantitative estimate of drug-likeness (QED) is 0.0459. The van der Waals surface area contributed by atoms with Crippen LogP contribution in [0.2, 0.25) is 10.0 Å². The molecule has 16 rings (SSSR count). The van der Waals surface area contributed by atoms with Crippen molar-refractivity contribution < 1.29 is 76.2 Å². The second-order valence-electron chi connectivity index (χ2n) is 29.9. The van der Waals surface area contributed by atoms with Gasteiger partial charge in [-0.05, 0) is 214 Å². The molecule has 592 valence electrons. The first-order chi connectivity index (χ1) is 54.2. The summed E-state index contributed by atoms with van der Waals surface area (Å²) in [7, 11) is 6.04. The second kappa shape index (κ2) is 32.0. The summed E-state index contributed by atoms with van der Waals surface area (Å²) in [4.78, 5) is 108. The van der Waals surface area contributed by atoms with Crippen molar-refractivity contribution >= 4 is 114 Å². The third-order valence-electron chi connectivity index (χ3n) is 23.2. The number of pyridine rings is 2. The van der Waals surface area contributed by atoms with Gasteiger partial charge in [-0.15, -0.1) is 0 Å². The van der Waals surface area contributed by atoms with E-state index in [0.717, 1.165) is 71.0 Å². The van der Waals surface area contributed by atoms with Gasteiger partial charge in [-0.1, -0.05) is 23.2 Å². The summed E-state index contributed by atoms with van der Waals surface area (Å²) in [6.45, 7) is 13.8. The SMILES string of the molecule is COc1c(N2CC3CCCNC3C2)c(F)c(C)c2c(=O)c(C(=O)O)c(C)n(C3CC3)c12.COc1ccc2c(c1)c(CC(=O)O)c(C)n2C(=O)c1ccc(Cl)cc1.COc1ccc2c(c1)c(CC(=O)OCOC(=O)c1c(C)n(C3CC3)c3c(OC)c(N4CC5CCCNC5C4)c(F)c(C)c3c1=O)c(C)n2C(=O)c1ccc(Cl)cc1. The highest BCUT2D eigenvalue weighted by Crippen LogP contribution is 2.50. The Kier molecular flexibility index (Phi) is 22.3. The number of piperidine rings is 2. The van der Waals surface area contributed by atoms with Crippen LogP contribution in [-0.4, -0.2) is 151 Å². The zero-order valence-electron chi connectivity index (χ0n) is 64.4. The summed E-state index contributed by atoms with van der Waals surface area (Å²) in [5.41, 5.74) is 5.25. The Bertz CT molecular complexity index is 5660. The van der Waals surface area contributed by atoms with Gasteiger partial charge in [0, 0.05) is 116 Å². The molecule has 4 N–H and O–H groups in total. The first-order valence-corrected chi connectivity index (χ1v) is 38.6. The van der Waals surface area contributed by atoms with Gasteiger partial charge in [-0.25, -0.2) is 18.4 Å². The number of nitrogens with one attached hydrogen (secondary N) is 2. The number of aromatic carboxylic acids is 1. The predicted octanol–water partition coefficient (Wildman–Crippen LogP) is 13.7. The molecule has 0 radical (unpaired) electrons. The van der Waals surface area contributed by atoms with E-state index < -0.39 is 53.2 Å². The molecule has 2 aliphatic carbocycles. The Morgan fingerprint density at radius 3 is 1.32 bits per heavy atom. The molecule has 2 saturated carbocycles. The van der Waals surface area contributed by atoms with Crippen molar-refractivity contribution in [2.24, 2.45) is 11.8 Å². The smallest absolute Gasteiger partial charge is 0.346 e. The topological polar surface area (TPSA) is 283 Å². The predicted molar refractivity (Wildman–Crippen MR) is 426 cm³/mol. The van der Waals surface area contributed by atoms with Crippen molar-refractivity contribution in [2.75, 3.05) is 84.3 Å². The van der Waals surface area contributed by atoms with Crippen molar-refractivity contribution in [1.82, 2.24) is 28.9 Å². The molecule has 4 aliphatic heterocycles. The largest absolute Gasteiger partial charge is 0.497 e. The van der Waals surface area contributed by atoms with E-state index in [0.29, 0.717) is 154 Å². The second-order valence-corrected chi connectivity index (χ2v) is 30.8. The van der Waals surface area contributed by atoms with E-state index in [9.17, 15) is 48.6 Å². The molecule has 113 heavy (non-hydrogen) atoms. The van der Waals surface area contributed by atoms with Gasteiger partial charge in [-0.3, -0.25) is 37.9 Å². The van der Waals surface area contributed by atoms with E-state index in [2.05, 4.69) is 10.6 Å². The molecule has 4 saturated heterocycles. The van der Waals surface area contributed by atoms with E-state index in [4.69, 9.17) is 51.6 Å². The van der Waals surface area contributed by atoms with Gasteiger partial charge < -0.3 is 68.2 Å². The van der Waals surface area contributed by atoms with Crippen molar-refractivity contribution in [3.8, 4) is 23.0 Å². The van der Waals surface area contributed by atoms with E-state index >= 15 is 8.78 Å². The summed E-state index contributed by atoms with van der Waals surface area (Å²) in [6.07, 6.45) is 7.33. The molecule has 6 fully saturated rings. The number of carbonyl (C=O) groups excluding carboxylic acids is 4. The van der Waals surface area contributed by atoms with Crippen LogP contribution in [0.25, 0.3) is 43.6 Å². The van der Waals surface area contributed by atoms with Crippen LogP contribution in [0.3, 0.4) is 0 Å². The Labute approximate surface area is 658 Å². The minimum absolute atomic E-state index is 0.0255. The lowest BCUT2D eigenvalue weighted by Crippen LogP contribution is -2.40. The number of carbonyl (C=O) groups is 6. The molecule has 0 spiro atoms. The summed E-state index contributed by atoms with van der Waals surface area (Å²) in [5, 5.41) is 28.6. The molecular formula is C85H88Cl2F2N8O16. The van der Waals surface area contributed by atoms with Crippen LogP contribution in [0, 0.1) is 65.0 Å². The fourth-order valence-electron chi connectivity index (χ4n) is 17.4. The zero-order valence-corrected chi connectivity index (χ0v) is 65.9. The fourth-order valence-corrected chi connectivity index (χ4v) is 17.6. The van der Waals surface area contributed by atoms with Crippen LogP contribution in [0.1, 0.15) is 150 Å². The molecule has 6 aromatic carbocycles.